The number of hydrogen-bond donors (Lipinski definition) is 0. The first-order valence-electron chi connectivity index (χ1n) is 7.63. The first-order chi connectivity index (χ1) is 10.7. The molecule has 0 bridgehead atoms. The molecule has 0 amide bonds. The van der Waals surface area contributed by atoms with Crippen molar-refractivity contribution in [3.05, 3.63) is 36.0 Å². The smallest absolute Gasteiger partial charge is 0.254 e. The van der Waals surface area contributed by atoms with E-state index in [-0.39, 0.29) is 0 Å². The molecule has 3 aromatic heterocycles. The Balaban J connectivity index is 1.99. The van der Waals surface area contributed by atoms with E-state index in [0.29, 0.717) is 5.78 Å². The van der Waals surface area contributed by atoms with Gasteiger partial charge in [0.25, 0.3) is 5.78 Å². The first-order valence-corrected chi connectivity index (χ1v) is 7.63. The van der Waals surface area contributed by atoms with Crippen molar-refractivity contribution in [3.8, 4) is 0 Å². The molecule has 0 saturated heterocycles. The van der Waals surface area contributed by atoms with Crippen molar-refractivity contribution in [2.45, 2.75) is 33.2 Å². The Kier molecular flexibility index (Phi) is 4.04. The number of aryl methyl sites for hydroxylation is 2. The number of rotatable bonds is 6. The number of fused-ring (bicyclic) bond motifs is 1. The Morgan fingerprint density at radius 1 is 1.23 bits per heavy atom. The molecular formula is C15H21N7. The summed E-state index contributed by atoms with van der Waals surface area (Å²) in [7, 11) is 1.93. The van der Waals surface area contributed by atoms with Crippen LogP contribution in [0.4, 0.5) is 5.82 Å². The summed E-state index contributed by atoms with van der Waals surface area (Å²) in [6.45, 7) is 5.95. The number of anilines is 1. The summed E-state index contributed by atoms with van der Waals surface area (Å²) in [5.74, 6) is 1.68. The van der Waals surface area contributed by atoms with Crippen molar-refractivity contribution in [2.75, 3.05) is 11.4 Å². The van der Waals surface area contributed by atoms with E-state index in [9.17, 15) is 0 Å². The molecule has 7 heteroatoms. The summed E-state index contributed by atoms with van der Waals surface area (Å²) in [6, 6.07) is 2.12. The van der Waals surface area contributed by atoms with Crippen molar-refractivity contribution in [1.82, 2.24) is 29.4 Å². The zero-order valence-electron chi connectivity index (χ0n) is 13.3. The summed E-state index contributed by atoms with van der Waals surface area (Å²) < 4.78 is 3.63. The Bertz CT molecular complexity index is 758. The fourth-order valence-electron chi connectivity index (χ4n) is 2.58. The zero-order chi connectivity index (χ0) is 15.5. The highest BCUT2D eigenvalue weighted by atomic mass is 15.4. The van der Waals surface area contributed by atoms with E-state index in [1.807, 2.05) is 24.1 Å². The van der Waals surface area contributed by atoms with Crippen LogP contribution in [0.5, 0.6) is 0 Å². The Hall–Kier alpha value is -2.44. The molecule has 3 aromatic rings. The van der Waals surface area contributed by atoms with Crippen molar-refractivity contribution >= 4 is 11.6 Å². The van der Waals surface area contributed by atoms with E-state index in [2.05, 4.69) is 45.0 Å². The minimum Gasteiger partial charge on any atom is -0.352 e. The standard InChI is InChI=1S/C15H21N7/c1-4-6-13-7-14(22-15(19-13)16-11-18-22)21(5-2)10-12-8-17-20(3)9-12/h7-9,11H,4-6,10H2,1-3H3. The lowest BCUT2D eigenvalue weighted by molar-refractivity contribution is 0.756. The lowest BCUT2D eigenvalue weighted by Crippen LogP contribution is -2.25. The van der Waals surface area contributed by atoms with Gasteiger partial charge >= 0.3 is 0 Å². The monoisotopic (exact) mass is 299 g/mol. The lowest BCUT2D eigenvalue weighted by Gasteiger charge is -2.23. The quantitative estimate of drug-likeness (QED) is 0.695. The fraction of sp³-hybridized carbons (Fsp3) is 0.467. The molecule has 3 rings (SSSR count). The van der Waals surface area contributed by atoms with Crippen LogP contribution in [0, 0.1) is 0 Å². The maximum absolute atomic E-state index is 4.56. The van der Waals surface area contributed by atoms with Gasteiger partial charge in [0.1, 0.15) is 12.1 Å². The second kappa shape index (κ2) is 6.13. The highest BCUT2D eigenvalue weighted by Crippen LogP contribution is 2.19. The third-order valence-corrected chi connectivity index (χ3v) is 3.63. The maximum atomic E-state index is 4.56. The van der Waals surface area contributed by atoms with Gasteiger partial charge in [-0.1, -0.05) is 13.3 Å². The normalized spacial score (nSPS) is 11.2. The van der Waals surface area contributed by atoms with E-state index in [0.717, 1.165) is 37.4 Å². The topological polar surface area (TPSA) is 64.1 Å². The van der Waals surface area contributed by atoms with Crippen LogP contribution in [-0.2, 0) is 20.0 Å². The Labute approximate surface area is 129 Å². The molecule has 0 aliphatic rings. The number of hydrogen-bond acceptors (Lipinski definition) is 5. The Morgan fingerprint density at radius 3 is 2.77 bits per heavy atom. The predicted molar refractivity (Wildman–Crippen MR) is 84.7 cm³/mol. The third kappa shape index (κ3) is 2.79. The van der Waals surface area contributed by atoms with Gasteiger partial charge in [-0.15, -0.1) is 0 Å². The van der Waals surface area contributed by atoms with Gasteiger partial charge < -0.3 is 4.90 Å². The molecule has 0 unspecified atom stereocenters. The number of aromatic nitrogens is 6. The van der Waals surface area contributed by atoms with Crippen LogP contribution >= 0.6 is 0 Å². The number of nitrogens with zero attached hydrogens (tertiary/aromatic N) is 7. The average Bonchev–Trinajstić information content (AvgIpc) is 3.13. The third-order valence-electron chi connectivity index (χ3n) is 3.63. The summed E-state index contributed by atoms with van der Waals surface area (Å²) in [5.41, 5.74) is 2.23. The van der Waals surface area contributed by atoms with Crippen molar-refractivity contribution in [1.29, 1.82) is 0 Å². The maximum Gasteiger partial charge on any atom is 0.254 e. The SMILES string of the molecule is CCCc1cc(N(CC)Cc2cnn(C)c2)n2ncnc2n1. The molecule has 0 fully saturated rings. The molecular weight excluding hydrogens is 278 g/mol. The molecule has 0 aliphatic carbocycles. The zero-order valence-corrected chi connectivity index (χ0v) is 13.3. The van der Waals surface area contributed by atoms with E-state index in [1.54, 1.807) is 10.8 Å². The molecule has 0 N–H and O–H groups in total. The van der Waals surface area contributed by atoms with Crippen LogP contribution in [0.25, 0.3) is 5.78 Å². The van der Waals surface area contributed by atoms with E-state index in [4.69, 9.17) is 0 Å². The van der Waals surface area contributed by atoms with Crippen LogP contribution in [0.3, 0.4) is 0 Å². The summed E-state index contributed by atoms with van der Waals surface area (Å²) in [6.07, 6.45) is 7.50. The largest absolute Gasteiger partial charge is 0.352 e. The van der Waals surface area contributed by atoms with Crippen LogP contribution < -0.4 is 4.90 Å². The van der Waals surface area contributed by atoms with Gasteiger partial charge in [-0.25, -0.2) is 4.98 Å². The summed E-state index contributed by atoms with van der Waals surface area (Å²) >= 11 is 0. The molecule has 22 heavy (non-hydrogen) atoms. The van der Waals surface area contributed by atoms with Crippen molar-refractivity contribution in [3.63, 3.8) is 0 Å². The molecule has 0 aliphatic heterocycles. The van der Waals surface area contributed by atoms with Gasteiger partial charge in [-0.2, -0.15) is 19.7 Å². The van der Waals surface area contributed by atoms with Gasteiger partial charge in [0.05, 0.1) is 6.20 Å². The van der Waals surface area contributed by atoms with Crippen LogP contribution in [0.1, 0.15) is 31.5 Å². The van der Waals surface area contributed by atoms with Crippen molar-refractivity contribution in [2.24, 2.45) is 7.05 Å². The summed E-state index contributed by atoms with van der Waals surface area (Å²) in [5, 5.41) is 8.56. The summed E-state index contributed by atoms with van der Waals surface area (Å²) in [4.78, 5) is 11.1. The second-order valence-corrected chi connectivity index (χ2v) is 5.36. The molecule has 3 heterocycles. The molecule has 116 valence electrons. The second-order valence-electron chi connectivity index (χ2n) is 5.36. The van der Waals surface area contributed by atoms with E-state index in [1.165, 1.54) is 5.56 Å². The minimum absolute atomic E-state index is 0.658. The highest BCUT2D eigenvalue weighted by molar-refractivity contribution is 5.47. The van der Waals surface area contributed by atoms with Crippen LogP contribution in [0.15, 0.2) is 24.8 Å². The minimum atomic E-state index is 0.658. The van der Waals surface area contributed by atoms with Gasteiger partial charge in [0.2, 0.25) is 0 Å². The van der Waals surface area contributed by atoms with Gasteiger partial charge in [-0.05, 0) is 13.3 Å². The predicted octanol–water partition coefficient (Wildman–Crippen LogP) is 1.84. The van der Waals surface area contributed by atoms with Crippen LogP contribution in [-0.4, -0.2) is 35.9 Å². The van der Waals surface area contributed by atoms with Crippen LogP contribution in [0.2, 0.25) is 0 Å². The molecule has 0 radical (unpaired) electrons. The van der Waals surface area contributed by atoms with E-state index >= 15 is 0 Å². The lowest BCUT2D eigenvalue weighted by atomic mass is 10.2. The molecule has 7 nitrogen and oxygen atoms in total. The highest BCUT2D eigenvalue weighted by Gasteiger charge is 2.14. The molecule has 0 atom stereocenters. The molecule has 0 spiro atoms. The Morgan fingerprint density at radius 2 is 2.09 bits per heavy atom. The molecule has 0 aromatic carbocycles. The fourth-order valence-corrected chi connectivity index (χ4v) is 2.58. The van der Waals surface area contributed by atoms with Gasteiger partial charge in [-0.3, -0.25) is 4.68 Å². The van der Waals surface area contributed by atoms with Crippen molar-refractivity contribution < 1.29 is 0 Å². The van der Waals surface area contributed by atoms with E-state index < -0.39 is 0 Å². The van der Waals surface area contributed by atoms with Gasteiger partial charge in [0, 0.05) is 43.7 Å². The molecule has 0 saturated carbocycles. The average molecular weight is 299 g/mol. The first kappa shape index (κ1) is 14.5. The van der Waals surface area contributed by atoms with Gasteiger partial charge in [0.15, 0.2) is 0 Å².